The van der Waals surface area contributed by atoms with E-state index in [0.717, 1.165) is 22.6 Å². The van der Waals surface area contributed by atoms with Crippen molar-refractivity contribution in [2.24, 2.45) is 0 Å². The summed E-state index contributed by atoms with van der Waals surface area (Å²) in [7, 11) is 3.27. The van der Waals surface area contributed by atoms with Gasteiger partial charge in [-0.1, -0.05) is 24.3 Å². The van der Waals surface area contributed by atoms with Gasteiger partial charge in [-0.05, 0) is 97.8 Å². The first-order chi connectivity index (χ1) is 20.0. The van der Waals surface area contributed by atoms with E-state index in [0.29, 0.717) is 23.0 Å². The Balaban J connectivity index is 1.52. The van der Waals surface area contributed by atoms with Crippen LogP contribution in [0.3, 0.4) is 0 Å². The molecule has 1 aliphatic rings. The van der Waals surface area contributed by atoms with Crippen LogP contribution in [0.1, 0.15) is 11.1 Å². The molecule has 4 aromatic carbocycles. The Hall–Kier alpha value is -4.36. The third-order valence-corrected chi connectivity index (χ3v) is 6.84. The van der Waals surface area contributed by atoms with Gasteiger partial charge in [0.25, 0.3) is 0 Å². The first-order valence-electron chi connectivity index (χ1n) is 13.7. The molecule has 0 aromatic heterocycles. The maximum absolute atomic E-state index is 6.71. The second-order valence-electron chi connectivity index (χ2n) is 10.00. The van der Waals surface area contributed by atoms with E-state index in [4.69, 9.17) is 33.2 Å². The molecule has 4 unspecified atom stereocenters. The number of aryl methyl sites for hydroxylation is 2. The lowest BCUT2D eigenvalue weighted by Gasteiger charge is -2.35. The summed E-state index contributed by atoms with van der Waals surface area (Å²) in [5.41, 5.74) is 2.17. The monoisotopic (exact) mass is 556 g/mol. The Morgan fingerprint density at radius 1 is 0.488 bits per heavy atom. The Bertz CT molecular complexity index is 1280. The number of hydrogen-bond donors (Lipinski definition) is 0. The van der Waals surface area contributed by atoms with Crippen LogP contribution >= 0.6 is 0 Å². The van der Waals surface area contributed by atoms with E-state index in [1.54, 1.807) is 14.2 Å². The van der Waals surface area contributed by atoms with E-state index in [-0.39, 0.29) is 13.2 Å². The zero-order chi connectivity index (χ0) is 28.6. The van der Waals surface area contributed by atoms with E-state index < -0.39 is 24.4 Å². The molecule has 7 heteroatoms. The molecule has 4 aromatic rings. The van der Waals surface area contributed by atoms with Gasteiger partial charge in [0.15, 0.2) is 24.4 Å². The van der Waals surface area contributed by atoms with Crippen LogP contribution in [0.4, 0.5) is 0 Å². The van der Waals surface area contributed by atoms with E-state index in [9.17, 15) is 0 Å². The third-order valence-electron chi connectivity index (χ3n) is 6.84. The van der Waals surface area contributed by atoms with Gasteiger partial charge in [-0.15, -0.1) is 0 Å². The first kappa shape index (κ1) is 28.2. The van der Waals surface area contributed by atoms with Crippen molar-refractivity contribution in [2.45, 2.75) is 38.3 Å². The predicted octanol–water partition coefficient (Wildman–Crippen LogP) is 6.44. The van der Waals surface area contributed by atoms with Gasteiger partial charge >= 0.3 is 0 Å². The van der Waals surface area contributed by atoms with Gasteiger partial charge in [-0.2, -0.15) is 0 Å². The molecule has 214 valence electrons. The van der Waals surface area contributed by atoms with Crippen molar-refractivity contribution in [3.63, 3.8) is 0 Å². The molecule has 0 amide bonds. The van der Waals surface area contributed by atoms with Crippen LogP contribution in [0.15, 0.2) is 97.1 Å². The molecule has 0 radical (unpaired) electrons. The van der Waals surface area contributed by atoms with Crippen LogP contribution in [0.2, 0.25) is 0 Å². The fraction of sp³-hybridized carbons (Fsp3) is 0.294. The van der Waals surface area contributed by atoms with Gasteiger partial charge in [-0.3, -0.25) is 0 Å². The minimum Gasteiger partial charge on any atom is -0.497 e. The summed E-state index contributed by atoms with van der Waals surface area (Å²) in [5, 5.41) is 0. The molecule has 0 spiro atoms. The summed E-state index contributed by atoms with van der Waals surface area (Å²) in [6.07, 6.45) is -2.21. The summed E-state index contributed by atoms with van der Waals surface area (Å²) in [6.45, 7) is 4.62. The molecule has 4 atom stereocenters. The lowest BCUT2D eigenvalue weighted by molar-refractivity contribution is -0.0517. The molecule has 7 nitrogen and oxygen atoms in total. The highest BCUT2D eigenvalue weighted by Gasteiger charge is 2.44. The summed E-state index contributed by atoms with van der Waals surface area (Å²) in [4.78, 5) is 0. The number of rotatable bonds is 10. The SMILES string of the molecule is COc1ccc(OC2COCC(Oc3ccc(OC)cc3)C(Oc3cccc(C)c3)C2Oc2cccc(C)c2)cc1. The second kappa shape index (κ2) is 13.3. The van der Waals surface area contributed by atoms with Crippen molar-refractivity contribution < 1.29 is 33.2 Å². The minimum absolute atomic E-state index is 0.276. The van der Waals surface area contributed by atoms with E-state index in [1.165, 1.54) is 0 Å². The molecule has 1 aliphatic heterocycles. The molecule has 0 aliphatic carbocycles. The van der Waals surface area contributed by atoms with Crippen LogP contribution in [0, 0.1) is 13.8 Å². The molecule has 0 saturated carbocycles. The van der Waals surface area contributed by atoms with Crippen molar-refractivity contribution in [3.05, 3.63) is 108 Å². The Kier molecular flexibility index (Phi) is 9.16. The van der Waals surface area contributed by atoms with Crippen molar-refractivity contribution in [1.82, 2.24) is 0 Å². The second-order valence-corrected chi connectivity index (χ2v) is 10.00. The average molecular weight is 557 g/mol. The minimum atomic E-state index is -0.592. The molecule has 1 saturated heterocycles. The number of hydrogen-bond acceptors (Lipinski definition) is 7. The molecular weight excluding hydrogens is 520 g/mol. The van der Waals surface area contributed by atoms with Crippen LogP contribution in [-0.4, -0.2) is 51.8 Å². The van der Waals surface area contributed by atoms with Crippen LogP contribution < -0.4 is 28.4 Å². The van der Waals surface area contributed by atoms with Crippen molar-refractivity contribution in [2.75, 3.05) is 27.4 Å². The van der Waals surface area contributed by atoms with Gasteiger partial charge in [0.05, 0.1) is 27.4 Å². The smallest absolute Gasteiger partial charge is 0.178 e. The fourth-order valence-electron chi connectivity index (χ4n) is 4.75. The molecular formula is C34H36O7. The molecule has 41 heavy (non-hydrogen) atoms. The number of methoxy groups -OCH3 is 2. The van der Waals surface area contributed by atoms with E-state index >= 15 is 0 Å². The van der Waals surface area contributed by atoms with Crippen molar-refractivity contribution in [1.29, 1.82) is 0 Å². The highest BCUT2D eigenvalue weighted by molar-refractivity contribution is 5.34. The Morgan fingerprint density at radius 3 is 1.24 bits per heavy atom. The molecule has 1 fully saturated rings. The Morgan fingerprint density at radius 2 is 0.878 bits per heavy atom. The summed E-state index contributed by atoms with van der Waals surface area (Å²) in [5.74, 6) is 4.25. The zero-order valence-corrected chi connectivity index (χ0v) is 23.8. The quantitative estimate of drug-likeness (QED) is 0.223. The van der Waals surface area contributed by atoms with Crippen LogP contribution in [-0.2, 0) is 4.74 Å². The summed E-state index contributed by atoms with van der Waals surface area (Å²) < 4.78 is 43.3. The first-order valence-corrected chi connectivity index (χ1v) is 13.7. The standard InChI is InChI=1S/C34H36O7/c1-23-7-5-9-29(19-23)40-33-31(38-27-15-11-25(35-3)12-16-27)21-37-22-32(39-28-17-13-26(36-4)14-18-28)34(33)41-30-10-6-8-24(2)20-30/h5-20,31-34H,21-22H2,1-4H3. The lowest BCUT2D eigenvalue weighted by atomic mass is 10.0. The van der Waals surface area contributed by atoms with Crippen molar-refractivity contribution >= 4 is 0 Å². The summed E-state index contributed by atoms with van der Waals surface area (Å²) in [6, 6.07) is 30.8. The maximum atomic E-state index is 6.71. The van der Waals surface area contributed by atoms with Gasteiger partial charge < -0.3 is 33.2 Å². The number of benzene rings is 4. The summed E-state index contributed by atoms with van der Waals surface area (Å²) >= 11 is 0. The van der Waals surface area contributed by atoms with Crippen LogP contribution in [0.5, 0.6) is 34.5 Å². The van der Waals surface area contributed by atoms with Gasteiger partial charge in [0.1, 0.15) is 34.5 Å². The molecule has 1 heterocycles. The maximum Gasteiger partial charge on any atom is 0.178 e. The largest absolute Gasteiger partial charge is 0.497 e. The normalized spacial score (nSPS) is 20.4. The number of ether oxygens (including phenoxy) is 7. The van der Waals surface area contributed by atoms with Gasteiger partial charge in [0, 0.05) is 0 Å². The third kappa shape index (κ3) is 7.44. The average Bonchev–Trinajstić information content (AvgIpc) is 3.13. The molecule has 0 bridgehead atoms. The highest BCUT2D eigenvalue weighted by Crippen LogP contribution is 2.30. The zero-order valence-electron chi connectivity index (χ0n) is 23.8. The predicted molar refractivity (Wildman–Crippen MR) is 157 cm³/mol. The topological polar surface area (TPSA) is 64.6 Å². The van der Waals surface area contributed by atoms with Crippen LogP contribution in [0.25, 0.3) is 0 Å². The molecule has 5 rings (SSSR count). The lowest BCUT2D eigenvalue weighted by Crippen LogP contribution is -2.54. The van der Waals surface area contributed by atoms with Gasteiger partial charge in [0.2, 0.25) is 0 Å². The van der Waals surface area contributed by atoms with Crippen molar-refractivity contribution in [3.8, 4) is 34.5 Å². The van der Waals surface area contributed by atoms with Gasteiger partial charge in [-0.25, -0.2) is 0 Å². The highest BCUT2D eigenvalue weighted by atomic mass is 16.6. The Labute approximate surface area is 241 Å². The fourth-order valence-corrected chi connectivity index (χ4v) is 4.75. The van der Waals surface area contributed by atoms with E-state index in [2.05, 4.69) is 0 Å². The van der Waals surface area contributed by atoms with E-state index in [1.807, 2.05) is 111 Å². The molecule has 0 N–H and O–H groups in total.